The smallest absolute Gasteiger partial charge is 0.0108 e. The lowest BCUT2D eigenvalue weighted by Gasteiger charge is -2.34. The second kappa shape index (κ2) is 6.53. The summed E-state index contributed by atoms with van der Waals surface area (Å²) >= 11 is 2.07. The Morgan fingerprint density at radius 3 is 3.00 bits per heavy atom. The van der Waals surface area contributed by atoms with Gasteiger partial charge in [0, 0.05) is 16.7 Å². The minimum atomic E-state index is 0.789. The lowest BCUT2D eigenvalue weighted by atomic mass is 9.88. The third-order valence-electron chi connectivity index (χ3n) is 4.97. The fourth-order valence-corrected chi connectivity index (χ4v) is 4.99. The van der Waals surface area contributed by atoms with Crippen molar-refractivity contribution in [3.8, 4) is 0 Å². The maximum absolute atomic E-state index is 2.60. The van der Waals surface area contributed by atoms with E-state index >= 15 is 0 Å². The van der Waals surface area contributed by atoms with Gasteiger partial charge in [-0.15, -0.1) is 11.8 Å². The highest BCUT2D eigenvalue weighted by molar-refractivity contribution is 7.99. The van der Waals surface area contributed by atoms with Crippen molar-refractivity contribution >= 4 is 11.8 Å². The molecular weight excluding hydrogens is 262 g/mol. The number of thioether (sulfide) groups is 1. The zero-order valence-corrected chi connectivity index (χ0v) is 13.7. The van der Waals surface area contributed by atoms with E-state index in [1.54, 1.807) is 10.5 Å². The molecule has 0 radical (unpaired) electrons. The van der Waals surface area contributed by atoms with Crippen LogP contribution in [-0.4, -0.2) is 30.3 Å². The van der Waals surface area contributed by atoms with E-state index < -0.39 is 0 Å². The molecule has 2 aliphatic rings. The van der Waals surface area contributed by atoms with E-state index in [-0.39, 0.29) is 0 Å². The SMILES string of the molecule is CCCc1ccc2c(c1)[C@H](C[C@H]1CCCCN1C)CS2. The van der Waals surface area contributed by atoms with Crippen molar-refractivity contribution in [2.45, 2.75) is 62.3 Å². The summed E-state index contributed by atoms with van der Waals surface area (Å²) in [6, 6.07) is 8.03. The van der Waals surface area contributed by atoms with Gasteiger partial charge in [0.2, 0.25) is 0 Å². The average Bonchev–Trinajstić information content (AvgIpc) is 2.85. The van der Waals surface area contributed by atoms with Gasteiger partial charge in [0.25, 0.3) is 0 Å². The summed E-state index contributed by atoms with van der Waals surface area (Å²) < 4.78 is 0. The summed E-state index contributed by atoms with van der Waals surface area (Å²) in [7, 11) is 2.32. The second-order valence-electron chi connectivity index (χ2n) is 6.50. The highest BCUT2D eigenvalue weighted by Crippen LogP contribution is 2.43. The predicted molar refractivity (Wildman–Crippen MR) is 88.8 cm³/mol. The van der Waals surface area contributed by atoms with Crippen LogP contribution in [0.3, 0.4) is 0 Å². The zero-order chi connectivity index (χ0) is 13.9. The minimum Gasteiger partial charge on any atom is -0.303 e. The van der Waals surface area contributed by atoms with Crippen LogP contribution in [0.4, 0.5) is 0 Å². The van der Waals surface area contributed by atoms with Gasteiger partial charge in [0.15, 0.2) is 0 Å². The van der Waals surface area contributed by atoms with E-state index in [4.69, 9.17) is 0 Å². The number of likely N-dealkylation sites (tertiary alicyclic amines) is 1. The van der Waals surface area contributed by atoms with E-state index in [0.717, 1.165) is 12.0 Å². The fraction of sp³-hybridized carbons (Fsp3) is 0.667. The van der Waals surface area contributed by atoms with Gasteiger partial charge >= 0.3 is 0 Å². The Morgan fingerprint density at radius 2 is 2.20 bits per heavy atom. The summed E-state index contributed by atoms with van der Waals surface area (Å²) in [5, 5.41) is 0. The van der Waals surface area contributed by atoms with Crippen LogP contribution in [0.2, 0.25) is 0 Å². The highest BCUT2D eigenvalue weighted by atomic mass is 32.2. The molecule has 0 amide bonds. The number of aryl methyl sites for hydroxylation is 1. The molecule has 1 fully saturated rings. The molecule has 2 atom stereocenters. The van der Waals surface area contributed by atoms with Crippen LogP contribution in [0.1, 0.15) is 56.1 Å². The van der Waals surface area contributed by atoms with Crippen molar-refractivity contribution in [1.82, 2.24) is 4.90 Å². The summed E-state index contributed by atoms with van der Waals surface area (Å²) in [5.74, 6) is 2.09. The van der Waals surface area contributed by atoms with Crippen LogP contribution in [-0.2, 0) is 6.42 Å². The molecule has 0 aliphatic carbocycles. The predicted octanol–water partition coefficient (Wildman–Crippen LogP) is 4.70. The van der Waals surface area contributed by atoms with Crippen molar-refractivity contribution in [1.29, 1.82) is 0 Å². The lowest BCUT2D eigenvalue weighted by Crippen LogP contribution is -2.37. The molecule has 0 unspecified atom stereocenters. The molecule has 0 aromatic heterocycles. The first kappa shape index (κ1) is 14.5. The van der Waals surface area contributed by atoms with E-state index in [1.807, 2.05) is 0 Å². The number of rotatable bonds is 4. The first-order valence-electron chi connectivity index (χ1n) is 8.23. The molecule has 110 valence electrons. The van der Waals surface area contributed by atoms with E-state index in [1.165, 1.54) is 56.4 Å². The molecule has 2 aliphatic heterocycles. The Bertz CT molecular complexity index is 457. The van der Waals surface area contributed by atoms with E-state index in [9.17, 15) is 0 Å². The van der Waals surface area contributed by atoms with Crippen molar-refractivity contribution in [2.75, 3.05) is 19.3 Å². The second-order valence-corrected chi connectivity index (χ2v) is 7.56. The first-order valence-corrected chi connectivity index (χ1v) is 9.22. The van der Waals surface area contributed by atoms with Crippen molar-refractivity contribution < 1.29 is 0 Å². The van der Waals surface area contributed by atoms with Crippen LogP contribution in [0.15, 0.2) is 23.1 Å². The van der Waals surface area contributed by atoms with Gasteiger partial charge < -0.3 is 4.90 Å². The minimum absolute atomic E-state index is 0.789. The molecule has 0 N–H and O–H groups in total. The molecule has 1 aromatic rings. The first-order chi connectivity index (χ1) is 9.78. The quantitative estimate of drug-likeness (QED) is 0.790. The molecule has 1 nitrogen and oxygen atoms in total. The molecule has 0 spiro atoms. The van der Waals surface area contributed by atoms with Gasteiger partial charge in [-0.25, -0.2) is 0 Å². The van der Waals surface area contributed by atoms with Gasteiger partial charge in [0.1, 0.15) is 0 Å². The standard InChI is InChI=1S/C18H27NS/c1-3-6-14-8-9-18-17(11-14)15(13-20-18)12-16-7-4-5-10-19(16)2/h8-9,11,15-16H,3-7,10,12-13H2,1-2H3/t15-,16-/m1/s1. The molecule has 1 aromatic carbocycles. The molecule has 0 saturated carbocycles. The molecule has 2 heterocycles. The molecule has 2 heteroatoms. The van der Waals surface area contributed by atoms with Gasteiger partial charge in [-0.1, -0.05) is 31.9 Å². The Labute approximate surface area is 128 Å². The number of piperidine rings is 1. The van der Waals surface area contributed by atoms with Crippen molar-refractivity contribution in [2.24, 2.45) is 0 Å². The normalized spacial score (nSPS) is 26.7. The van der Waals surface area contributed by atoms with Crippen LogP contribution in [0.5, 0.6) is 0 Å². The van der Waals surface area contributed by atoms with Crippen LogP contribution in [0, 0.1) is 0 Å². The molecule has 1 saturated heterocycles. The van der Waals surface area contributed by atoms with E-state index in [2.05, 4.69) is 48.8 Å². The zero-order valence-electron chi connectivity index (χ0n) is 12.9. The van der Waals surface area contributed by atoms with Gasteiger partial charge in [-0.2, -0.15) is 0 Å². The van der Waals surface area contributed by atoms with Gasteiger partial charge in [0.05, 0.1) is 0 Å². The van der Waals surface area contributed by atoms with Gasteiger partial charge in [-0.3, -0.25) is 0 Å². The van der Waals surface area contributed by atoms with Crippen molar-refractivity contribution in [3.05, 3.63) is 29.3 Å². The Balaban J connectivity index is 1.72. The highest BCUT2D eigenvalue weighted by Gasteiger charge is 2.28. The van der Waals surface area contributed by atoms with Crippen LogP contribution >= 0.6 is 11.8 Å². The summed E-state index contributed by atoms with van der Waals surface area (Å²) in [6.45, 7) is 3.57. The average molecular weight is 289 g/mol. The third kappa shape index (κ3) is 3.07. The largest absolute Gasteiger partial charge is 0.303 e. The molecule has 0 bridgehead atoms. The van der Waals surface area contributed by atoms with Gasteiger partial charge in [-0.05, 0) is 62.4 Å². The number of hydrogen-bond donors (Lipinski definition) is 0. The van der Waals surface area contributed by atoms with Crippen molar-refractivity contribution in [3.63, 3.8) is 0 Å². The maximum atomic E-state index is 2.60. The number of hydrogen-bond acceptors (Lipinski definition) is 2. The maximum Gasteiger partial charge on any atom is 0.0108 e. The topological polar surface area (TPSA) is 3.24 Å². The fourth-order valence-electron chi connectivity index (χ4n) is 3.74. The monoisotopic (exact) mass is 289 g/mol. The third-order valence-corrected chi connectivity index (χ3v) is 6.22. The lowest BCUT2D eigenvalue weighted by molar-refractivity contribution is 0.170. The van der Waals surface area contributed by atoms with Crippen LogP contribution in [0.25, 0.3) is 0 Å². The Morgan fingerprint density at radius 1 is 1.30 bits per heavy atom. The Hall–Kier alpha value is -0.470. The van der Waals surface area contributed by atoms with Crippen LogP contribution < -0.4 is 0 Å². The number of fused-ring (bicyclic) bond motifs is 1. The molecule has 3 rings (SSSR count). The summed E-state index contributed by atoms with van der Waals surface area (Å²) in [5.41, 5.74) is 3.19. The summed E-state index contributed by atoms with van der Waals surface area (Å²) in [6.07, 6.45) is 8.07. The Kier molecular flexibility index (Phi) is 4.72. The number of nitrogens with zero attached hydrogens (tertiary/aromatic N) is 1. The number of benzene rings is 1. The van der Waals surface area contributed by atoms with E-state index in [0.29, 0.717) is 0 Å². The molecule has 20 heavy (non-hydrogen) atoms. The summed E-state index contributed by atoms with van der Waals surface area (Å²) in [4.78, 5) is 4.15. The molecular formula is C18H27NS.